The third-order valence-electron chi connectivity index (χ3n) is 7.83. The molecule has 0 saturated heterocycles. The van der Waals surface area contributed by atoms with Crippen molar-refractivity contribution in [2.24, 2.45) is 0 Å². The molecule has 0 aliphatic rings. The number of unbranched alkanes of at least 4 members (excludes halogenated alkanes) is 10. The van der Waals surface area contributed by atoms with E-state index in [1.165, 1.54) is 142 Å². The molecule has 0 radical (unpaired) electrons. The first-order valence-corrected chi connectivity index (χ1v) is 18.8. The fourth-order valence-corrected chi connectivity index (χ4v) is 9.80. The summed E-state index contributed by atoms with van der Waals surface area (Å²) in [4.78, 5) is 13.0. The Hall–Kier alpha value is -1.60. The number of benzene rings is 1. The lowest BCUT2D eigenvalue weighted by Crippen LogP contribution is -1.86. The standard InChI is InChI=1S/C34H44N2S4/c1-5-7-9-11-13-15-17-25-19-27(37-21-25)29-31-34(40-23(3)35-31)30(32-33(29)39-24(4)36-32)28-20-26(22-38-28)18-16-14-12-10-8-6-2/h19-22H,5-18H2,1-4H3. The first-order chi connectivity index (χ1) is 19.6. The van der Waals surface area contributed by atoms with Gasteiger partial charge in [0, 0.05) is 20.9 Å². The maximum Gasteiger partial charge on any atom is 0.0924 e. The van der Waals surface area contributed by atoms with Crippen molar-refractivity contribution in [1.29, 1.82) is 0 Å². The van der Waals surface area contributed by atoms with Gasteiger partial charge in [-0.3, -0.25) is 0 Å². The molecular formula is C34H44N2S4. The molecule has 4 heterocycles. The van der Waals surface area contributed by atoms with E-state index in [2.05, 4.69) is 50.6 Å². The second-order valence-electron chi connectivity index (χ2n) is 11.2. The molecule has 0 aliphatic heterocycles. The Balaban J connectivity index is 1.43. The van der Waals surface area contributed by atoms with Crippen molar-refractivity contribution in [3.05, 3.63) is 44.0 Å². The average molecular weight is 609 g/mol. The molecule has 40 heavy (non-hydrogen) atoms. The van der Waals surface area contributed by atoms with Gasteiger partial charge in [-0.1, -0.05) is 78.1 Å². The zero-order valence-corrected chi connectivity index (χ0v) is 28.0. The Morgan fingerprint density at radius 1 is 0.550 bits per heavy atom. The Morgan fingerprint density at radius 3 is 1.38 bits per heavy atom. The fraction of sp³-hybridized carbons (Fsp3) is 0.529. The lowest BCUT2D eigenvalue weighted by Gasteiger charge is -2.07. The molecule has 4 aromatic heterocycles. The molecule has 0 unspecified atom stereocenters. The molecule has 0 spiro atoms. The van der Waals surface area contributed by atoms with E-state index in [4.69, 9.17) is 9.97 Å². The first kappa shape index (κ1) is 29.9. The maximum atomic E-state index is 5.15. The van der Waals surface area contributed by atoms with E-state index >= 15 is 0 Å². The van der Waals surface area contributed by atoms with Crippen LogP contribution in [0.25, 0.3) is 41.3 Å². The van der Waals surface area contributed by atoms with Gasteiger partial charge in [0.15, 0.2) is 0 Å². The van der Waals surface area contributed by atoms with Crippen LogP contribution in [0, 0.1) is 13.8 Å². The highest BCUT2D eigenvalue weighted by Crippen LogP contribution is 2.49. The number of aryl methyl sites for hydroxylation is 4. The summed E-state index contributed by atoms with van der Waals surface area (Å²) in [6.07, 6.45) is 18.5. The zero-order chi connectivity index (χ0) is 27.9. The van der Waals surface area contributed by atoms with Crippen LogP contribution in [0.5, 0.6) is 0 Å². The van der Waals surface area contributed by atoms with Crippen LogP contribution >= 0.6 is 45.3 Å². The van der Waals surface area contributed by atoms with Crippen molar-refractivity contribution in [3.8, 4) is 20.9 Å². The summed E-state index contributed by atoms with van der Waals surface area (Å²) in [7, 11) is 0. The minimum absolute atomic E-state index is 1.14. The Kier molecular flexibility index (Phi) is 10.9. The van der Waals surface area contributed by atoms with Crippen molar-refractivity contribution in [3.63, 3.8) is 0 Å². The van der Waals surface area contributed by atoms with Crippen LogP contribution in [0.15, 0.2) is 22.9 Å². The highest BCUT2D eigenvalue weighted by Gasteiger charge is 2.24. The van der Waals surface area contributed by atoms with Crippen LogP contribution in [0.3, 0.4) is 0 Å². The van der Waals surface area contributed by atoms with Crippen molar-refractivity contribution in [2.45, 2.75) is 118 Å². The number of thiophene rings is 2. The van der Waals surface area contributed by atoms with Crippen LogP contribution in [0.2, 0.25) is 0 Å². The van der Waals surface area contributed by atoms with E-state index in [0.29, 0.717) is 0 Å². The molecular weight excluding hydrogens is 565 g/mol. The van der Waals surface area contributed by atoms with E-state index in [9.17, 15) is 0 Å². The summed E-state index contributed by atoms with van der Waals surface area (Å²) in [6, 6.07) is 4.89. The molecule has 5 aromatic rings. The van der Waals surface area contributed by atoms with Crippen molar-refractivity contribution >= 4 is 65.8 Å². The van der Waals surface area contributed by atoms with Gasteiger partial charge in [0.1, 0.15) is 0 Å². The third kappa shape index (κ3) is 7.06. The number of rotatable bonds is 16. The number of hydrogen-bond acceptors (Lipinski definition) is 6. The molecule has 0 bridgehead atoms. The summed E-state index contributed by atoms with van der Waals surface area (Å²) < 4.78 is 2.62. The van der Waals surface area contributed by atoms with Crippen molar-refractivity contribution < 1.29 is 0 Å². The topological polar surface area (TPSA) is 25.8 Å². The number of nitrogens with zero attached hydrogens (tertiary/aromatic N) is 2. The van der Waals surface area contributed by atoms with Gasteiger partial charge in [0.05, 0.1) is 30.4 Å². The molecule has 0 saturated carbocycles. The Labute approximate surface area is 256 Å². The van der Waals surface area contributed by atoms with Gasteiger partial charge in [-0.15, -0.1) is 45.3 Å². The highest BCUT2D eigenvalue weighted by atomic mass is 32.1. The van der Waals surface area contributed by atoms with Gasteiger partial charge < -0.3 is 0 Å². The smallest absolute Gasteiger partial charge is 0.0924 e. The quantitative estimate of drug-likeness (QED) is 0.104. The second-order valence-corrected chi connectivity index (χ2v) is 15.5. The van der Waals surface area contributed by atoms with Crippen LogP contribution in [-0.2, 0) is 12.8 Å². The molecule has 0 atom stereocenters. The monoisotopic (exact) mass is 608 g/mol. The van der Waals surface area contributed by atoms with E-state index in [1.807, 2.05) is 45.3 Å². The SMILES string of the molecule is CCCCCCCCc1csc(-c2c3nc(C)sc3c(-c3cc(CCCCCCCC)cs3)c3nc(C)sc23)c1. The first-order valence-electron chi connectivity index (χ1n) is 15.4. The van der Waals surface area contributed by atoms with E-state index in [0.717, 1.165) is 10.0 Å². The lowest BCUT2D eigenvalue weighted by atomic mass is 10.0. The molecule has 6 heteroatoms. The van der Waals surface area contributed by atoms with Gasteiger partial charge >= 0.3 is 0 Å². The third-order valence-corrected chi connectivity index (χ3v) is 11.8. The minimum Gasteiger partial charge on any atom is -0.241 e. The number of thiazole rings is 2. The molecule has 2 nitrogen and oxygen atoms in total. The van der Waals surface area contributed by atoms with Crippen molar-refractivity contribution in [1.82, 2.24) is 9.97 Å². The molecule has 1 aromatic carbocycles. The van der Waals surface area contributed by atoms with Crippen LogP contribution in [0.1, 0.15) is 112 Å². The van der Waals surface area contributed by atoms with Crippen LogP contribution in [0.4, 0.5) is 0 Å². The number of hydrogen-bond donors (Lipinski definition) is 0. The highest BCUT2D eigenvalue weighted by molar-refractivity contribution is 7.23. The summed E-state index contributed by atoms with van der Waals surface area (Å²) >= 11 is 7.46. The molecule has 214 valence electrons. The largest absolute Gasteiger partial charge is 0.241 e. The van der Waals surface area contributed by atoms with Gasteiger partial charge in [-0.25, -0.2) is 9.97 Å². The van der Waals surface area contributed by atoms with Gasteiger partial charge in [-0.05, 0) is 73.6 Å². The zero-order valence-electron chi connectivity index (χ0n) is 24.7. The molecule has 0 aliphatic carbocycles. The summed E-state index contributed by atoms with van der Waals surface area (Å²) in [6.45, 7) is 8.89. The molecule has 5 rings (SSSR count). The van der Waals surface area contributed by atoms with E-state index < -0.39 is 0 Å². The molecule has 0 N–H and O–H groups in total. The number of aromatic nitrogens is 2. The van der Waals surface area contributed by atoms with Gasteiger partial charge in [-0.2, -0.15) is 0 Å². The van der Waals surface area contributed by atoms with Gasteiger partial charge in [0.2, 0.25) is 0 Å². The molecule has 0 amide bonds. The second kappa shape index (κ2) is 14.5. The Morgan fingerprint density at radius 2 is 0.950 bits per heavy atom. The summed E-state index contributed by atoms with van der Waals surface area (Å²) in [5.74, 6) is 0. The number of fused-ring (bicyclic) bond motifs is 2. The summed E-state index contributed by atoms with van der Waals surface area (Å²) in [5, 5.41) is 7.04. The average Bonchev–Trinajstić information content (AvgIpc) is 3.73. The maximum absolute atomic E-state index is 5.15. The van der Waals surface area contributed by atoms with Crippen LogP contribution in [-0.4, -0.2) is 9.97 Å². The fourth-order valence-electron chi connectivity index (χ4n) is 5.70. The normalized spacial score (nSPS) is 11.9. The lowest BCUT2D eigenvalue weighted by molar-refractivity contribution is 0.608. The summed E-state index contributed by atoms with van der Waals surface area (Å²) in [5.41, 5.74) is 7.93. The Bertz CT molecular complexity index is 1350. The minimum atomic E-state index is 1.14. The van der Waals surface area contributed by atoms with Gasteiger partial charge in [0.25, 0.3) is 0 Å². The van der Waals surface area contributed by atoms with E-state index in [1.54, 1.807) is 0 Å². The van der Waals surface area contributed by atoms with Crippen LogP contribution < -0.4 is 0 Å². The van der Waals surface area contributed by atoms with E-state index in [-0.39, 0.29) is 0 Å². The molecule has 0 fully saturated rings. The predicted molar refractivity (Wildman–Crippen MR) is 183 cm³/mol. The van der Waals surface area contributed by atoms with Crippen molar-refractivity contribution in [2.75, 3.05) is 0 Å². The predicted octanol–water partition coefficient (Wildman–Crippen LogP) is 12.8.